The van der Waals surface area contributed by atoms with Crippen LogP contribution in [0.2, 0.25) is 0 Å². The Morgan fingerprint density at radius 3 is 2.22 bits per heavy atom. The number of alkyl halides is 2. The van der Waals surface area contributed by atoms with Gasteiger partial charge in [0.15, 0.2) is 0 Å². The summed E-state index contributed by atoms with van der Waals surface area (Å²) in [6.07, 6.45) is 21.0. The molecule has 8 heteroatoms. The smallest absolute Gasteiger partial charge is 0.119 e. The lowest BCUT2D eigenvalue weighted by molar-refractivity contribution is 0.318. The van der Waals surface area contributed by atoms with E-state index in [1.54, 1.807) is 0 Å². The summed E-state index contributed by atoms with van der Waals surface area (Å²) in [5.41, 5.74) is 6.13. The maximum atomic E-state index is 6.12. The highest BCUT2D eigenvalue weighted by molar-refractivity contribution is 9.09. The number of nitrogens with one attached hydrogen (secondary N) is 2. The molecular weight excluding hydrogens is 704 g/mol. The molecule has 2 unspecified atom stereocenters. The molecule has 0 saturated carbocycles. The zero-order valence-corrected chi connectivity index (χ0v) is 28.4. The minimum Gasteiger partial charge on any atom is -0.494 e. The van der Waals surface area contributed by atoms with Crippen molar-refractivity contribution in [2.24, 2.45) is 9.98 Å². The van der Waals surface area contributed by atoms with Gasteiger partial charge >= 0.3 is 0 Å². The minimum absolute atomic E-state index is 0.152. The van der Waals surface area contributed by atoms with Gasteiger partial charge in [-0.1, -0.05) is 68.3 Å². The van der Waals surface area contributed by atoms with E-state index >= 15 is 0 Å². The zero-order valence-electron chi connectivity index (χ0n) is 25.3. The summed E-state index contributed by atoms with van der Waals surface area (Å²) in [5.74, 6) is 1.68. The number of benzene rings is 2. The molecule has 8 bridgehead atoms. The number of H-pyrrole nitrogens is 1. The molecule has 4 aliphatic heterocycles. The largest absolute Gasteiger partial charge is 0.494 e. The first kappa shape index (κ1) is 30.7. The van der Waals surface area contributed by atoms with E-state index in [1.165, 1.54) is 0 Å². The van der Waals surface area contributed by atoms with Gasteiger partial charge in [-0.15, -0.1) is 0 Å². The third-order valence-corrected chi connectivity index (χ3v) is 9.26. The van der Waals surface area contributed by atoms with E-state index in [1.807, 2.05) is 12.1 Å². The molecule has 0 fully saturated rings. The van der Waals surface area contributed by atoms with Crippen molar-refractivity contribution in [2.75, 3.05) is 23.9 Å². The Bertz CT molecular complexity index is 1980. The number of halogens is 2. The van der Waals surface area contributed by atoms with Crippen LogP contribution in [-0.4, -0.2) is 46.3 Å². The number of ether oxygens (including phenoxy) is 2. The van der Waals surface area contributed by atoms with Gasteiger partial charge in [0.1, 0.15) is 11.5 Å². The number of aromatic nitrogens is 1. The van der Waals surface area contributed by atoms with Crippen LogP contribution in [-0.2, 0) is 5.54 Å². The molecule has 3 aromatic rings. The van der Waals surface area contributed by atoms with Crippen LogP contribution in [0.3, 0.4) is 0 Å². The molecular formula is C38H34Br2N4O2. The number of fused-ring (bicyclic) bond motifs is 6. The summed E-state index contributed by atoms with van der Waals surface area (Å²) in [5, 5.41) is 7.77. The molecule has 2 atom stereocenters. The Hall–Kier alpha value is -3.98. The molecule has 0 spiro atoms. The Morgan fingerprint density at radius 1 is 0.761 bits per heavy atom. The lowest BCUT2D eigenvalue weighted by atomic mass is 9.89. The minimum atomic E-state index is -0.647. The highest BCUT2D eigenvalue weighted by atomic mass is 79.9. The van der Waals surface area contributed by atoms with Crippen molar-refractivity contribution in [1.29, 1.82) is 0 Å². The van der Waals surface area contributed by atoms with Gasteiger partial charge < -0.3 is 14.5 Å². The molecule has 6 nitrogen and oxygen atoms in total. The quantitative estimate of drug-likeness (QED) is 0.139. The van der Waals surface area contributed by atoms with Crippen molar-refractivity contribution in [3.05, 3.63) is 136 Å². The predicted octanol–water partition coefficient (Wildman–Crippen LogP) is 6.66. The number of hydrogen-bond donors (Lipinski definition) is 2. The first-order valence-electron chi connectivity index (χ1n) is 15.6. The van der Waals surface area contributed by atoms with Crippen LogP contribution in [0.25, 0.3) is 17.7 Å². The van der Waals surface area contributed by atoms with E-state index in [2.05, 4.69) is 145 Å². The second kappa shape index (κ2) is 13.8. The first-order valence-corrected chi connectivity index (χ1v) is 17.8. The van der Waals surface area contributed by atoms with Crippen LogP contribution in [0.4, 0.5) is 0 Å². The number of hydrogen-bond acceptors (Lipinski definition) is 5. The van der Waals surface area contributed by atoms with Crippen LogP contribution in [0.15, 0.2) is 125 Å². The molecule has 0 radical (unpaired) electrons. The van der Waals surface area contributed by atoms with Gasteiger partial charge in [-0.2, -0.15) is 0 Å². The number of allylic oxidation sites excluding steroid dienone is 4. The van der Waals surface area contributed by atoms with E-state index in [0.29, 0.717) is 13.2 Å². The van der Waals surface area contributed by atoms with E-state index in [9.17, 15) is 0 Å². The summed E-state index contributed by atoms with van der Waals surface area (Å²) in [6, 6.07) is 20.7. The normalized spacial score (nSPS) is 21.1. The molecule has 2 N–H and O–H groups in total. The first-order chi connectivity index (χ1) is 22.6. The van der Waals surface area contributed by atoms with Crippen LogP contribution < -0.4 is 25.5 Å². The number of nitrogens with zero attached hydrogens (tertiary/aromatic N) is 2. The monoisotopic (exact) mass is 736 g/mol. The molecule has 2 aromatic carbocycles. The maximum absolute atomic E-state index is 6.12. The summed E-state index contributed by atoms with van der Waals surface area (Å²) < 4.78 is 12.2. The van der Waals surface area contributed by atoms with Crippen molar-refractivity contribution in [3.63, 3.8) is 0 Å². The number of aliphatic imine (C=N–C) groups is 2. The van der Waals surface area contributed by atoms with Crippen LogP contribution in [0, 0.1) is 0 Å². The maximum Gasteiger partial charge on any atom is 0.119 e. The molecule has 1 aromatic heterocycles. The van der Waals surface area contributed by atoms with Gasteiger partial charge in [-0.25, -0.2) is 9.98 Å². The second-order valence-electron chi connectivity index (χ2n) is 11.5. The van der Waals surface area contributed by atoms with Gasteiger partial charge in [-0.3, -0.25) is 5.32 Å². The average molecular weight is 739 g/mol. The van der Waals surface area contributed by atoms with Crippen LogP contribution in [0.1, 0.15) is 24.0 Å². The third-order valence-electron chi connectivity index (χ3n) is 8.14. The fraction of sp³-hybridized carbons (Fsp3) is 0.211. The fourth-order valence-electron chi connectivity index (χ4n) is 6.01. The number of aromatic amines is 1. The molecule has 0 amide bonds. The fourth-order valence-corrected chi connectivity index (χ4v) is 6.47. The van der Waals surface area contributed by atoms with Crippen molar-refractivity contribution < 1.29 is 9.47 Å². The standard InChI is InChI=1S/C38H34Br2N4O2/c39-17-3-19-45-33-7-1-5-26(21-33)37-35-14-13-31(43-35)24-29-10-9-28(41-29)23-30-11-12-32(42-30)25-38(16-15-36(37)44-38)27-6-2-8-34(22-27)46-20-4-18-40/h1-2,5-16,21-25,36,41,44H,3-4,17-20H2. The van der Waals surface area contributed by atoms with Gasteiger partial charge in [0.05, 0.1) is 47.6 Å². The molecule has 7 rings (SSSR count). The van der Waals surface area contributed by atoms with Gasteiger partial charge in [-0.05, 0) is 103 Å². The predicted molar refractivity (Wildman–Crippen MR) is 196 cm³/mol. The van der Waals surface area contributed by atoms with Gasteiger partial charge in [0, 0.05) is 26.9 Å². The summed E-state index contributed by atoms with van der Waals surface area (Å²) in [6.45, 7) is 1.30. The van der Waals surface area contributed by atoms with Crippen LogP contribution >= 0.6 is 31.9 Å². The van der Waals surface area contributed by atoms with E-state index in [-0.39, 0.29) is 6.04 Å². The van der Waals surface area contributed by atoms with E-state index in [4.69, 9.17) is 19.5 Å². The molecule has 46 heavy (non-hydrogen) atoms. The Balaban J connectivity index is 1.37. The average Bonchev–Trinajstić information content (AvgIpc) is 3.88. The molecule has 5 heterocycles. The van der Waals surface area contributed by atoms with Gasteiger partial charge in [0.25, 0.3) is 0 Å². The van der Waals surface area contributed by atoms with Crippen LogP contribution in [0.5, 0.6) is 11.5 Å². The highest BCUT2D eigenvalue weighted by Gasteiger charge is 2.37. The van der Waals surface area contributed by atoms with E-state index in [0.717, 1.165) is 85.2 Å². The lowest BCUT2D eigenvalue weighted by Gasteiger charge is -2.30. The van der Waals surface area contributed by atoms with Crippen molar-refractivity contribution in [2.45, 2.75) is 24.4 Å². The summed E-state index contributed by atoms with van der Waals surface area (Å²) in [7, 11) is 0. The van der Waals surface area contributed by atoms with E-state index < -0.39 is 5.54 Å². The Morgan fingerprint density at radius 2 is 1.46 bits per heavy atom. The third kappa shape index (κ3) is 6.75. The lowest BCUT2D eigenvalue weighted by Crippen LogP contribution is -2.41. The number of rotatable bonds is 10. The van der Waals surface area contributed by atoms with Crippen molar-refractivity contribution in [1.82, 2.24) is 10.3 Å². The summed E-state index contributed by atoms with van der Waals surface area (Å²) in [4.78, 5) is 13.6. The zero-order chi connectivity index (χ0) is 31.3. The SMILES string of the molecule is BrCCCOc1cccc(C2=C3C=CC(=N3)C=c3ccc([nH]3)=CC3=NC(=CC4(c5cccc(OCCCBr)c5)C=CC2N4)C=C3)c1. The summed E-state index contributed by atoms with van der Waals surface area (Å²) >= 11 is 7.01. The topological polar surface area (TPSA) is 71.0 Å². The molecule has 0 aliphatic carbocycles. The second-order valence-corrected chi connectivity index (χ2v) is 13.0. The Kier molecular flexibility index (Phi) is 9.19. The molecule has 232 valence electrons. The highest BCUT2D eigenvalue weighted by Crippen LogP contribution is 2.39. The van der Waals surface area contributed by atoms with Gasteiger partial charge in [0.2, 0.25) is 0 Å². The molecule has 0 saturated heterocycles. The van der Waals surface area contributed by atoms with Crippen molar-refractivity contribution >= 4 is 61.0 Å². The van der Waals surface area contributed by atoms with Crippen molar-refractivity contribution in [3.8, 4) is 11.5 Å². The Labute approximate surface area is 285 Å². The molecule has 4 aliphatic rings.